The lowest BCUT2D eigenvalue weighted by molar-refractivity contribution is -0.120. The highest BCUT2D eigenvalue weighted by molar-refractivity contribution is 5.99. The van der Waals surface area contributed by atoms with Crippen molar-refractivity contribution in [2.45, 2.75) is 45.1 Å². The molecule has 120 valence electrons. The molecule has 0 fully saturated rings. The minimum Gasteiger partial charge on any atom is -0.309 e. The maximum Gasteiger partial charge on any atom is 0.234 e. The summed E-state index contributed by atoms with van der Waals surface area (Å²) in [7, 11) is 0. The van der Waals surface area contributed by atoms with Crippen molar-refractivity contribution in [1.82, 2.24) is 0 Å². The summed E-state index contributed by atoms with van der Waals surface area (Å²) in [6.45, 7) is 4.11. The molecule has 23 heavy (non-hydrogen) atoms. The molecule has 0 aromatic heterocycles. The largest absolute Gasteiger partial charge is 0.309 e. The van der Waals surface area contributed by atoms with Crippen LogP contribution in [0.15, 0.2) is 48.5 Å². The van der Waals surface area contributed by atoms with Crippen molar-refractivity contribution >= 4 is 11.6 Å². The van der Waals surface area contributed by atoms with Crippen LogP contribution in [0.3, 0.4) is 0 Å². The SMILES string of the molecule is CCC(C(=O)N1c2ccc(F)cc2CCC1C)c1ccccc1. The summed E-state index contributed by atoms with van der Waals surface area (Å²) < 4.78 is 13.5. The third-order valence-electron chi connectivity index (χ3n) is 4.72. The van der Waals surface area contributed by atoms with E-state index in [-0.39, 0.29) is 23.7 Å². The molecule has 0 radical (unpaired) electrons. The van der Waals surface area contributed by atoms with Crippen molar-refractivity contribution in [3.8, 4) is 0 Å². The van der Waals surface area contributed by atoms with Crippen LogP contribution in [-0.2, 0) is 11.2 Å². The maximum atomic E-state index is 13.5. The summed E-state index contributed by atoms with van der Waals surface area (Å²) in [5.41, 5.74) is 2.84. The van der Waals surface area contributed by atoms with Gasteiger partial charge in [0.25, 0.3) is 0 Å². The first-order valence-corrected chi connectivity index (χ1v) is 8.28. The fraction of sp³-hybridized carbons (Fsp3) is 0.350. The molecule has 1 heterocycles. The Morgan fingerprint density at radius 3 is 2.70 bits per heavy atom. The van der Waals surface area contributed by atoms with E-state index in [9.17, 15) is 9.18 Å². The zero-order valence-electron chi connectivity index (χ0n) is 13.6. The number of fused-ring (bicyclic) bond motifs is 1. The van der Waals surface area contributed by atoms with E-state index in [0.29, 0.717) is 0 Å². The van der Waals surface area contributed by atoms with Crippen molar-refractivity contribution in [3.63, 3.8) is 0 Å². The predicted octanol–water partition coefficient (Wildman–Crippen LogP) is 4.69. The van der Waals surface area contributed by atoms with Crippen molar-refractivity contribution < 1.29 is 9.18 Å². The van der Waals surface area contributed by atoms with Crippen LogP contribution in [0.4, 0.5) is 10.1 Å². The van der Waals surface area contributed by atoms with Gasteiger partial charge in [-0.05, 0) is 55.5 Å². The number of amides is 1. The summed E-state index contributed by atoms with van der Waals surface area (Å²) in [5.74, 6) is -0.283. The van der Waals surface area contributed by atoms with E-state index in [2.05, 4.69) is 6.92 Å². The molecule has 0 aliphatic carbocycles. The molecule has 2 aromatic rings. The number of benzene rings is 2. The fourth-order valence-electron chi connectivity index (χ4n) is 3.46. The minimum atomic E-state index is -0.235. The number of hydrogen-bond acceptors (Lipinski definition) is 1. The molecule has 0 N–H and O–H groups in total. The standard InChI is InChI=1S/C20H22FNO/c1-3-18(15-7-5-4-6-8-15)20(23)22-14(2)9-10-16-13-17(21)11-12-19(16)22/h4-8,11-14,18H,3,9-10H2,1-2H3. The zero-order valence-corrected chi connectivity index (χ0v) is 13.6. The molecule has 3 rings (SSSR count). The van der Waals surface area contributed by atoms with E-state index in [1.54, 1.807) is 12.1 Å². The summed E-state index contributed by atoms with van der Waals surface area (Å²) in [6, 6.07) is 14.8. The smallest absolute Gasteiger partial charge is 0.234 e. The fourth-order valence-corrected chi connectivity index (χ4v) is 3.46. The number of carbonyl (C=O) groups excluding carboxylic acids is 1. The topological polar surface area (TPSA) is 20.3 Å². The molecule has 1 aliphatic heterocycles. The molecule has 3 heteroatoms. The summed E-state index contributed by atoms with van der Waals surface area (Å²) in [4.78, 5) is 15.1. The van der Waals surface area contributed by atoms with E-state index in [0.717, 1.165) is 36.1 Å². The predicted molar refractivity (Wildman–Crippen MR) is 91.1 cm³/mol. The molecule has 2 unspecified atom stereocenters. The molecule has 2 aromatic carbocycles. The number of rotatable bonds is 3. The van der Waals surface area contributed by atoms with Crippen LogP contribution in [0.2, 0.25) is 0 Å². The van der Waals surface area contributed by atoms with Crippen molar-refractivity contribution in [1.29, 1.82) is 0 Å². The number of aryl methyl sites for hydroxylation is 1. The highest BCUT2D eigenvalue weighted by atomic mass is 19.1. The number of carbonyl (C=O) groups is 1. The molecule has 2 nitrogen and oxygen atoms in total. The molecule has 2 atom stereocenters. The Kier molecular flexibility index (Phi) is 4.46. The highest BCUT2D eigenvalue weighted by Crippen LogP contribution is 2.34. The normalized spacial score (nSPS) is 18.4. The maximum absolute atomic E-state index is 13.5. The van der Waals surface area contributed by atoms with Gasteiger partial charge in [-0.3, -0.25) is 4.79 Å². The van der Waals surface area contributed by atoms with Gasteiger partial charge in [-0.1, -0.05) is 37.3 Å². The van der Waals surface area contributed by atoms with Crippen LogP contribution < -0.4 is 4.90 Å². The Balaban J connectivity index is 1.98. The van der Waals surface area contributed by atoms with E-state index < -0.39 is 0 Å². The first-order valence-electron chi connectivity index (χ1n) is 8.28. The van der Waals surface area contributed by atoms with E-state index in [1.165, 1.54) is 6.07 Å². The lowest BCUT2D eigenvalue weighted by Gasteiger charge is -2.37. The molecule has 1 aliphatic rings. The van der Waals surface area contributed by atoms with Gasteiger partial charge in [0, 0.05) is 11.7 Å². The van der Waals surface area contributed by atoms with Gasteiger partial charge >= 0.3 is 0 Å². The summed E-state index contributed by atoms with van der Waals surface area (Å²) in [5, 5.41) is 0. The molecule has 0 spiro atoms. The van der Waals surface area contributed by atoms with Gasteiger partial charge in [0.05, 0.1) is 5.92 Å². The summed E-state index contributed by atoms with van der Waals surface area (Å²) in [6.07, 6.45) is 2.44. The van der Waals surface area contributed by atoms with Crippen molar-refractivity contribution in [3.05, 3.63) is 65.5 Å². The zero-order chi connectivity index (χ0) is 16.4. The first-order chi connectivity index (χ1) is 11.1. The second-order valence-corrected chi connectivity index (χ2v) is 6.24. The van der Waals surface area contributed by atoms with Crippen LogP contribution in [0.1, 0.15) is 43.7 Å². The Bertz CT molecular complexity index is 698. The highest BCUT2D eigenvalue weighted by Gasteiger charge is 2.32. The molecule has 1 amide bonds. The average molecular weight is 311 g/mol. The summed E-state index contributed by atoms with van der Waals surface area (Å²) >= 11 is 0. The van der Waals surface area contributed by atoms with Gasteiger partial charge in [-0.2, -0.15) is 0 Å². The van der Waals surface area contributed by atoms with E-state index in [4.69, 9.17) is 0 Å². The van der Waals surface area contributed by atoms with Gasteiger partial charge in [-0.25, -0.2) is 4.39 Å². The second-order valence-electron chi connectivity index (χ2n) is 6.24. The molecular formula is C20H22FNO. The lowest BCUT2D eigenvalue weighted by atomic mass is 9.90. The van der Waals surface area contributed by atoms with E-state index in [1.807, 2.05) is 42.2 Å². The Morgan fingerprint density at radius 2 is 2.00 bits per heavy atom. The Morgan fingerprint density at radius 1 is 1.26 bits per heavy atom. The van der Waals surface area contributed by atoms with Crippen LogP contribution in [0.25, 0.3) is 0 Å². The van der Waals surface area contributed by atoms with Crippen molar-refractivity contribution in [2.24, 2.45) is 0 Å². The minimum absolute atomic E-state index is 0.110. The van der Waals surface area contributed by atoms with Crippen molar-refractivity contribution in [2.75, 3.05) is 4.90 Å². The number of nitrogens with zero attached hydrogens (tertiary/aromatic N) is 1. The molecule has 0 saturated heterocycles. The van der Waals surface area contributed by atoms with Gasteiger partial charge < -0.3 is 4.90 Å². The third kappa shape index (κ3) is 3.00. The third-order valence-corrected chi connectivity index (χ3v) is 4.72. The van der Waals surface area contributed by atoms with Gasteiger partial charge in [-0.15, -0.1) is 0 Å². The quantitative estimate of drug-likeness (QED) is 0.805. The second kappa shape index (κ2) is 6.53. The Labute approximate surface area is 136 Å². The van der Waals surface area contributed by atoms with Crippen LogP contribution >= 0.6 is 0 Å². The van der Waals surface area contributed by atoms with Crippen LogP contribution in [-0.4, -0.2) is 11.9 Å². The van der Waals surface area contributed by atoms with Gasteiger partial charge in [0.2, 0.25) is 5.91 Å². The molecule has 0 bridgehead atoms. The lowest BCUT2D eigenvalue weighted by Crippen LogP contribution is -2.44. The van der Waals surface area contributed by atoms with Gasteiger partial charge in [0.1, 0.15) is 5.82 Å². The van der Waals surface area contributed by atoms with E-state index >= 15 is 0 Å². The average Bonchev–Trinajstić information content (AvgIpc) is 2.56. The number of hydrogen-bond donors (Lipinski definition) is 0. The first kappa shape index (κ1) is 15.7. The Hall–Kier alpha value is -2.16. The molecular weight excluding hydrogens is 289 g/mol. The monoisotopic (exact) mass is 311 g/mol. The molecule has 0 saturated carbocycles. The van der Waals surface area contributed by atoms with Gasteiger partial charge in [0.15, 0.2) is 0 Å². The van der Waals surface area contributed by atoms with Crippen LogP contribution in [0.5, 0.6) is 0 Å². The number of halogens is 1. The van der Waals surface area contributed by atoms with Crippen LogP contribution in [0, 0.1) is 5.82 Å². The number of anilines is 1.